The zero-order valence-electron chi connectivity index (χ0n) is 13.8. The number of rotatable bonds is 3. The van der Waals surface area contributed by atoms with Gasteiger partial charge in [0, 0.05) is 37.5 Å². The molecule has 4 rings (SSSR count). The molecule has 24 heavy (non-hydrogen) atoms. The van der Waals surface area contributed by atoms with Crippen LogP contribution in [0.5, 0.6) is 0 Å². The first-order valence-electron chi connectivity index (χ1n) is 8.41. The van der Waals surface area contributed by atoms with E-state index in [-0.39, 0.29) is 5.97 Å². The topological polar surface area (TPSA) is 29.5 Å². The minimum Gasteiger partial charge on any atom is -0.466 e. The third-order valence-corrected chi connectivity index (χ3v) is 5.19. The van der Waals surface area contributed by atoms with Gasteiger partial charge in [0.25, 0.3) is 0 Å². The van der Waals surface area contributed by atoms with Crippen LogP contribution in [-0.2, 0) is 16.1 Å². The summed E-state index contributed by atoms with van der Waals surface area (Å²) in [7, 11) is 1.44. The highest BCUT2D eigenvalue weighted by Gasteiger charge is 2.42. The molecule has 2 aromatic carbocycles. The van der Waals surface area contributed by atoms with Crippen molar-refractivity contribution in [2.75, 3.05) is 20.2 Å². The summed E-state index contributed by atoms with van der Waals surface area (Å²) in [6.45, 7) is 2.98. The van der Waals surface area contributed by atoms with Crippen LogP contribution in [0.3, 0.4) is 0 Å². The van der Waals surface area contributed by atoms with Gasteiger partial charge in [-0.1, -0.05) is 54.6 Å². The van der Waals surface area contributed by atoms with Crippen molar-refractivity contribution in [3.05, 3.63) is 77.4 Å². The minimum absolute atomic E-state index is 0.262. The van der Waals surface area contributed by atoms with E-state index in [1.807, 2.05) is 6.07 Å². The first kappa shape index (κ1) is 15.2. The van der Waals surface area contributed by atoms with Gasteiger partial charge in [0.2, 0.25) is 0 Å². The van der Waals surface area contributed by atoms with Crippen molar-refractivity contribution in [3.63, 3.8) is 0 Å². The summed E-state index contributed by atoms with van der Waals surface area (Å²) in [5.41, 5.74) is 5.06. The van der Waals surface area contributed by atoms with Crippen LogP contribution < -0.4 is 0 Å². The average Bonchev–Trinajstić information content (AvgIpc) is 3.14. The molecule has 0 bridgehead atoms. The highest BCUT2D eigenvalue weighted by molar-refractivity contribution is 5.94. The number of nitrogens with zero attached hydrogens (tertiary/aromatic N) is 1. The number of carbonyl (C=O) groups is 1. The molecule has 3 nitrogen and oxygen atoms in total. The van der Waals surface area contributed by atoms with Crippen molar-refractivity contribution >= 4 is 11.5 Å². The normalized spacial score (nSPS) is 24.0. The summed E-state index contributed by atoms with van der Waals surface area (Å²) in [5.74, 6) is 0.591. The summed E-state index contributed by atoms with van der Waals surface area (Å²) in [6.07, 6.45) is 1.69. The van der Waals surface area contributed by atoms with Crippen molar-refractivity contribution in [1.82, 2.24) is 4.90 Å². The molecule has 0 amide bonds. The van der Waals surface area contributed by atoms with Crippen LogP contribution in [0.1, 0.15) is 22.6 Å². The summed E-state index contributed by atoms with van der Waals surface area (Å²) in [5, 5.41) is 0. The maximum atomic E-state index is 11.8. The molecule has 0 N–H and O–H groups in total. The maximum Gasteiger partial charge on any atom is 0.330 e. The summed E-state index contributed by atoms with van der Waals surface area (Å²) < 4.78 is 4.87. The van der Waals surface area contributed by atoms with Crippen LogP contribution in [0.2, 0.25) is 0 Å². The third-order valence-electron chi connectivity index (χ3n) is 5.19. The van der Waals surface area contributed by atoms with Gasteiger partial charge in [-0.3, -0.25) is 4.90 Å². The number of carbonyl (C=O) groups excluding carboxylic acids is 1. The van der Waals surface area contributed by atoms with Gasteiger partial charge in [0.05, 0.1) is 7.11 Å². The fraction of sp³-hybridized carbons (Fsp3) is 0.286. The summed E-state index contributed by atoms with van der Waals surface area (Å²) in [6, 6.07) is 19.1. The van der Waals surface area contributed by atoms with Crippen molar-refractivity contribution in [1.29, 1.82) is 0 Å². The number of likely N-dealkylation sites (tertiary alicyclic amines) is 1. The van der Waals surface area contributed by atoms with Gasteiger partial charge in [0.1, 0.15) is 0 Å². The quantitative estimate of drug-likeness (QED) is 0.641. The number of benzene rings is 2. The second-order valence-electron chi connectivity index (χ2n) is 6.60. The van der Waals surface area contributed by atoms with E-state index in [0.717, 1.165) is 25.2 Å². The summed E-state index contributed by atoms with van der Waals surface area (Å²) in [4.78, 5) is 14.3. The molecule has 1 aliphatic carbocycles. The number of fused-ring (bicyclic) bond motifs is 3. The smallest absolute Gasteiger partial charge is 0.330 e. The molecule has 2 atom stereocenters. The molecule has 122 valence electrons. The van der Waals surface area contributed by atoms with Gasteiger partial charge < -0.3 is 4.74 Å². The Bertz CT molecular complexity index is 781. The zero-order valence-corrected chi connectivity index (χ0v) is 13.8. The number of methoxy groups -OCH3 is 1. The fourth-order valence-electron chi connectivity index (χ4n) is 4.14. The first-order chi connectivity index (χ1) is 11.8. The van der Waals surface area contributed by atoms with Crippen LogP contribution in [0.4, 0.5) is 0 Å². The Hall–Kier alpha value is -2.39. The predicted molar refractivity (Wildman–Crippen MR) is 94.4 cm³/mol. The highest BCUT2D eigenvalue weighted by atomic mass is 16.5. The van der Waals surface area contributed by atoms with Gasteiger partial charge >= 0.3 is 5.97 Å². The monoisotopic (exact) mass is 319 g/mol. The molecule has 2 aliphatic rings. The van der Waals surface area contributed by atoms with E-state index < -0.39 is 0 Å². The van der Waals surface area contributed by atoms with Gasteiger partial charge in [-0.25, -0.2) is 4.79 Å². The van der Waals surface area contributed by atoms with Gasteiger partial charge in [-0.15, -0.1) is 0 Å². The Morgan fingerprint density at radius 2 is 1.79 bits per heavy atom. The average molecular weight is 319 g/mol. The minimum atomic E-state index is -0.262. The number of hydrogen-bond acceptors (Lipinski definition) is 3. The Morgan fingerprint density at radius 3 is 2.58 bits per heavy atom. The molecule has 1 saturated heterocycles. The Labute approximate surface area is 142 Å². The van der Waals surface area contributed by atoms with Crippen LogP contribution in [0.25, 0.3) is 5.57 Å². The van der Waals surface area contributed by atoms with Gasteiger partial charge in [0.15, 0.2) is 0 Å². The molecular weight excluding hydrogens is 298 g/mol. The van der Waals surface area contributed by atoms with Gasteiger partial charge in [-0.05, 0) is 22.3 Å². The van der Waals surface area contributed by atoms with E-state index in [9.17, 15) is 4.79 Å². The largest absolute Gasteiger partial charge is 0.466 e. The lowest BCUT2D eigenvalue weighted by atomic mass is 9.94. The van der Waals surface area contributed by atoms with E-state index in [1.165, 1.54) is 23.8 Å². The first-order valence-corrected chi connectivity index (χ1v) is 8.41. The lowest BCUT2D eigenvalue weighted by Crippen LogP contribution is -2.21. The van der Waals surface area contributed by atoms with Crippen molar-refractivity contribution in [2.45, 2.75) is 12.5 Å². The molecule has 2 unspecified atom stereocenters. The molecule has 1 fully saturated rings. The van der Waals surface area contributed by atoms with Gasteiger partial charge in [-0.2, -0.15) is 0 Å². The van der Waals surface area contributed by atoms with E-state index in [2.05, 4.69) is 53.4 Å². The molecule has 2 aromatic rings. The Kier molecular flexibility index (Phi) is 3.95. The molecule has 1 aliphatic heterocycles. The van der Waals surface area contributed by atoms with Crippen LogP contribution in [0.15, 0.2) is 60.7 Å². The lowest BCUT2D eigenvalue weighted by Gasteiger charge is -2.18. The molecule has 0 spiro atoms. The molecule has 0 aromatic heterocycles. The molecular formula is C21H21NO2. The Balaban J connectivity index is 1.62. The summed E-state index contributed by atoms with van der Waals surface area (Å²) >= 11 is 0. The molecule has 0 saturated carbocycles. The maximum absolute atomic E-state index is 11.8. The second-order valence-corrected chi connectivity index (χ2v) is 6.60. The standard InChI is InChI=1S/C21H21NO2/c1-24-21(23)11-18-16-9-5-6-10-17(16)19-13-22(14-20(18)19)12-15-7-3-2-4-8-15/h2-11,19-20H,12-14H2,1H3/b18-11+. The zero-order chi connectivity index (χ0) is 16.5. The van der Waals surface area contributed by atoms with Crippen molar-refractivity contribution < 1.29 is 9.53 Å². The van der Waals surface area contributed by atoms with Crippen LogP contribution in [-0.4, -0.2) is 31.1 Å². The van der Waals surface area contributed by atoms with E-state index >= 15 is 0 Å². The van der Waals surface area contributed by atoms with E-state index in [1.54, 1.807) is 6.08 Å². The third kappa shape index (κ3) is 2.65. The number of hydrogen-bond donors (Lipinski definition) is 0. The Morgan fingerprint density at radius 1 is 1.08 bits per heavy atom. The fourth-order valence-corrected chi connectivity index (χ4v) is 4.14. The highest BCUT2D eigenvalue weighted by Crippen LogP contribution is 2.50. The van der Waals surface area contributed by atoms with E-state index in [4.69, 9.17) is 4.74 Å². The number of ether oxygens (including phenoxy) is 1. The second kappa shape index (κ2) is 6.25. The molecule has 3 heteroatoms. The SMILES string of the molecule is COC(=O)/C=C1\c2ccccc2C2CN(Cc3ccccc3)CC12. The van der Waals surface area contributed by atoms with Crippen molar-refractivity contribution in [2.24, 2.45) is 5.92 Å². The lowest BCUT2D eigenvalue weighted by molar-refractivity contribution is -0.134. The van der Waals surface area contributed by atoms with Crippen molar-refractivity contribution in [3.8, 4) is 0 Å². The van der Waals surface area contributed by atoms with Crippen LogP contribution in [0, 0.1) is 5.92 Å². The van der Waals surface area contributed by atoms with Crippen LogP contribution >= 0.6 is 0 Å². The molecule has 0 radical (unpaired) electrons. The predicted octanol–water partition coefficient (Wildman–Crippen LogP) is 3.47. The number of esters is 1. The van der Waals surface area contributed by atoms with E-state index in [0.29, 0.717) is 11.8 Å². The molecule has 1 heterocycles.